The maximum atomic E-state index is 14.5. The van der Waals surface area contributed by atoms with Gasteiger partial charge in [0.05, 0.1) is 19.2 Å². The van der Waals surface area contributed by atoms with Crippen molar-refractivity contribution in [2.75, 3.05) is 26.7 Å². The molecule has 194 valence electrons. The van der Waals surface area contributed by atoms with E-state index in [2.05, 4.69) is 4.98 Å². The number of ether oxygens (including phenoxy) is 1. The number of hydrogen-bond donors (Lipinski definition) is 1. The third-order valence-electron chi connectivity index (χ3n) is 7.49. The Kier molecular flexibility index (Phi) is 8.24. The molecule has 1 N–H and O–H groups in total. The quantitative estimate of drug-likeness (QED) is 0.649. The largest absolute Gasteiger partial charge is 0.472 e. The van der Waals surface area contributed by atoms with Gasteiger partial charge < -0.3 is 19.6 Å². The van der Waals surface area contributed by atoms with Crippen LogP contribution in [-0.2, 0) is 4.79 Å². The third-order valence-corrected chi connectivity index (χ3v) is 7.49. The first-order chi connectivity index (χ1) is 17.3. The maximum absolute atomic E-state index is 14.5. The average molecular weight is 498 g/mol. The number of nitrogens with zero attached hydrogens (tertiary/aromatic N) is 3. The fourth-order valence-electron chi connectivity index (χ4n) is 5.18. The molecule has 0 unspecified atom stereocenters. The van der Waals surface area contributed by atoms with Gasteiger partial charge in [-0.3, -0.25) is 9.59 Å². The number of carbonyl (C=O) groups is 2. The minimum atomic E-state index is -0.426. The van der Waals surface area contributed by atoms with Crippen LogP contribution in [0.1, 0.15) is 56.3 Å². The second kappa shape index (κ2) is 11.4. The number of fused-ring (bicyclic) bond motifs is 1. The van der Waals surface area contributed by atoms with E-state index in [1.54, 1.807) is 48.0 Å². The number of hydrogen-bond acceptors (Lipinski definition) is 5. The Balaban J connectivity index is 1.66. The van der Waals surface area contributed by atoms with Crippen molar-refractivity contribution in [1.82, 2.24) is 14.8 Å². The molecule has 0 saturated heterocycles. The zero-order valence-corrected chi connectivity index (χ0v) is 21.3. The molecule has 1 saturated carbocycles. The highest BCUT2D eigenvalue weighted by Crippen LogP contribution is 2.32. The number of amides is 2. The second-order valence-electron chi connectivity index (χ2n) is 10.2. The zero-order chi connectivity index (χ0) is 25.8. The molecule has 2 aliphatic rings. The lowest BCUT2D eigenvalue weighted by Crippen LogP contribution is -2.51. The van der Waals surface area contributed by atoms with E-state index >= 15 is 0 Å². The summed E-state index contributed by atoms with van der Waals surface area (Å²) in [5.41, 5.74) is 1.02. The number of rotatable bonds is 6. The van der Waals surface area contributed by atoms with Crippen LogP contribution in [0.3, 0.4) is 0 Å². The number of likely N-dealkylation sites (N-methyl/N-ethyl adjacent to an activating group) is 1. The van der Waals surface area contributed by atoms with Gasteiger partial charge in [-0.05, 0) is 31.9 Å². The van der Waals surface area contributed by atoms with Gasteiger partial charge in [0, 0.05) is 42.8 Å². The molecule has 0 radical (unpaired) electrons. The predicted molar refractivity (Wildman–Crippen MR) is 135 cm³/mol. The fourth-order valence-corrected chi connectivity index (χ4v) is 5.18. The van der Waals surface area contributed by atoms with E-state index in [-0.39, 0.29) is 41.7 Å². The van der Waals surface area contributed by atoms with Gasteiger partial charge >= 0.3 is 0 Å². The van der Waals surface area contributed by atoms with Crippen molar-refractivity contribution in [3.63, 3.8) is 0 Å². The van der Waals surface area contributed by atoms with Crippen LogP contribution in [0, 0.1) is 17.7 Å². The molecule has 1 aliphatic carbocycles. The molecule has 1 aliphatic heterocycles. The highest BCUT2D eigenvalue weighted by atomic mass is 19.1. The Morgan fingerprint density at radius 1 is 1.25 bits per heavy atom. The summed E-state index contributed by atoms with van der Waals surface area (Å²) in [6.07, 6.45) is 6.28. The van der Waals surface area contributed by atoms with Crippen molar-refractivity contribution in [1.29, 1.82) is 0 Å². The molecule has 0 bridgehead atoms. The molecule has 3 atom stereocenters. The van der Waals surface area contributed by atoms with E-state index in [1.165, 1.54) is 18.7 Å². The van der Waals surface area contributed by atoms with Gasteiger partial charge in [-0.2, -0.15) is 0 Å². The standard InChI is InChI=1S/C28H36FN3O4/c1-18-15-32(19(2)17-33)28(35)23-13-21(22-11-7-8-12-24(22)29)14-30-26(23)36-25(18)16-31(3)27(34)20-9-5-4-6-10-20/h7-8,11-14,18-20,25,33H,4-6,9-10,15-17H2,1-3H3/t18-,19-,25+/m1/s1. The SMILES string of the molecule is C[C@@H]1CN([C@H](C)CO)C(=O)c2cc(-c3ccccc3F)cnc2O[C@H]1CN(C)C(=O)C1CCCCC1. The molecule has 1 aromatic heterocycles. The van der Waals surface area contributed by atoms with Crippen molar-refractivity contribution in [2.24, 2.45) is 11.8 Å². The van der Waals surface area contributed by atoms with Crippen LogP contribution in [0.2, 0.25) is 0 Å². The van der Waals surface area contributed by atoms with Crippen LogP contribution in [-0.4, -0.2) is 70.6 Å². The van der Waals surface area contributed by atoms with Gasteiger partial charge in [0.15, 0.2) is 0 Å². The van der Waals surface area contributed by atoms with Gasteiger partial charge in [-0.1, -0.05) is 44.4 Å². The van der Waals surface area contributed by atoms with Gasteiger partial charge in [0.25, 0.3) is 5.91 Å². The first-order valence-corrected chi connectivity index (χ1v) is 12.9. The van der Waals surface area contributed by atoms with E-state index in [0.717, 1.165) is 25.7 Å². The Morgan fingerprint density at radius 2 is 1.97 bits per heavy atom. The lowest BCUT2D eigenvalue weighted by Gasteiger charge is -2.38. The Bertz CT molecular complexity index is 1090. The minimum absolute atomic E-state index is 0.0498. The first-order valence-electron chi connectivity index (χ1n) is 12.9. The molecule has 0 spiro atoms. The van der Waals surface area contributed by atoms with Crippen LogP contribution >= 0.6 is 0 Å². The number of aliphatic hydroxyl groups is 1. The van der Waals surface area contributed by atoms with Crippen LogP contribution in [0.4, 0.5) is 4.39 Å². The van der Waals surface area contributed by atoms with Gasteiger partial charge in [-0.15, -0.1) is 0 Å². The van der Waals surface area contributed by atoms with Crippen molar-refractivity contribution in [2.45, 2.75) is 58.1 Å². The summed E-state index contributed by atoms with van der Waals surface area (Å²) in [5.74, 6) is -0.514. The molecule has 8 heteroatoms. The lowest BCUT2D eigenvalue weighted by molar-refractivity contribution is -0.136. The van der Waals surface area contributed by atoms with E-state index in [1.807, 2.05) is 6.92 Å². The summed E-state index contributed by atoms with van der Waals surface area (Å²) < 4.78 is 20.8. The number of pyridine rings is 1. The molecular weight excluding hydrogens is 461 g/mol. The maximum Gasteiger partial charge on any atom is 0.259 e. The lowest BCUT2D eigenvalue weighted by atomic mass is 9.88. The van der Waals surface area contributed by atoms with E-state index in [9.17, 15) is 19.1 Å². The average Bonchev–Trinajstić information content (AvgIpc) is 2.90. The van der Waals surface area contributed by atoms with E-state index in [4.69, 9.17) is 4.74 Å². The molecule has 36 heavy (non-hydrogen) atoms. The Morgan fingerprint density at radius 3 is 2.67 bits per heavy atom. The van der Waals surface area contributed by atoms with Crippen molar-refractivity contribution in [3.8, 4) is 17.0 Å². The molecule has 1 fully saturated rings. The van der Waals surface area contributed by atoms with E-state index < -0.39 is 18.0 Å². The van der Waals surface area contributed by atoms with Crippen molar-refractivity contribution in [3.05, 3.63) is 47.9 Å². The fraction of sp³-hybridized carbons (Fsp3) is 0.536. The Hall–Kier alpha value is -3.00. The minimum Gasteiger partial charge on any atom is -0.472 e. The number of carbonyl (C=O) groups excluding carboxylic acids is 2. The molecule has 2 amide bonds. The summed E-state index contributed by atoms with van der Waals surface area (Å²) in [6.45, 7) is 4.28. The van der Waals surface area contributed by atoms with Crippen LogP contribution < -0.4 is 4.74 Å². The van der Waals surface area contributed by atoms with Gasteiger partial charge in [0.2, 0.25) is 11.8 Å². The monoisotopic (exact) mass is 497 g/mol. The normalized spacial score (nSPS) is 21.7. The smallest absolute Gasteiger partial charge is 0.259 e. The second-order valence-corrected chi connectivity index (χ2v) is 10.2. The van der Waals surface area contributed by atoms with Gasteiger partial charge in [-0.25, -0.2) is 9.37 Å². The highest BCUT2D eigenvalue weighted by Gasteiger charge is 2.35. The van der Waals surface area contributed by atoms with Crippen LogP contribution in [0.5, 0.6) is 5.88 Å². The van der Waals surface area contributed by atoms with E-state index in [0.29, 0.717) is 24.2 Å². The zero-order valence-electron chi connectivity index (χ0n) is 21.3. The molecular formula is C28H36FN3O4. The third kappa shape index (κ3) is 5.53. The summed E-state index contributed by atoms with van der Waals surface area (Å²) >= 11 is 0. The first kappa shape index (κ1) is 26.1. The summed E-state index contributed by atoms with van der Waals surface area (Å²) in [4.78, 5) is 34.5. The molecule has 2 heterocycles. The number of aliphatic hydroxyl groups excluding tert-OH is 1. The molecule has 1 aromatic carbocycles. The molecule has 4 rings (SSSR count). The summed E-state index contributed by atoms with van der Waals surface area (Å²) in [7, 11) is 1.81. The number of aromatic nitrogens is 1. The predicted octanol–water partition coefficient (Wildman–Crippen LogP) is 4.15. The van der Waals surface area contributed by atoms with Crippen molar-refractivity contribution >= 4 is 11.8 Å². The number of halogens is 1. The van der Waals surface area contributed by atoms with Gasteiger partial charge in [0.1, 0.15) is 17.5 Å². The Labute approximate surface area is 212 Å². The van der Waals surface area contributed by atoms with Crippen LogP contribution in [0.15, 0.2) is 36.5 Å². The van der Waals surface area contributed by atoms with Crippen LogP contribution in [0.25, 0.3) is 11.1 Å². The summed E-state index contributed by atoms with van der Waals surface area (Å²) in [5, 5.41) is 9.86. The molecule has 2 aromatic rings. The topological polar surface area (TPSA) is 83.0 Å². The highest BCUT2D eigenvalue weighted by molar-refractivity contribution is 5.98. The summed E-state index contributed by atoms with van der Waals surface area (Å²) in [6, 6.07) is 7.51. The van der Waals surface area contributed by atoms with Crippen molar-refractivity contribution < 1.29 is 23.8 Å². The molecule has 7 nitrogen and oxygen atoms in total. The number of benzene rings is 1.